The van der Waals surface area contributed by atoms with Crippen LogP contribution in [0.4, 0.5) is 0 Å². The Morgan fingerprint density at radius 2 is 0.889 bits per heavy atom. The van der Waals surface area contributed by atoms with E-state index in [9.17, 15) is 0 Å². The predicted octanol–water partition coefficient (Wildman–Crippen LogP) is 10.0. The van der Waals surface area contributed by atoms with Crippen molar-refractivity contribution in [3.05, 3.63) is 145 Å². The van der Waals surface area contributed by atoms with Crippen LogP contribution in [0.1, 0.15) is 30.9 Å². The van der Waals surface area contributed by atoms with Crippen molar-refractivity contribution in [2.75, 3.05) is 6.26 Å². The first-order valence-corrected chi connectivity index (χ1v) is 15.5. The van der Waals surface area contributed by atoms with Crippen molar-refractivity contribution < 1.29 is 0 Å². The largest absolute Gasteiger partial charge is 0.202 e. The van der Waals surface area contributed by atoms with E-state index in [4.69, 9.17) is 0 Å². The molecule has 0 heterocycles. The van der Waals surface area contributed by atoms with Gasteiger partial charge in [0.1, 0.15) is 0 Å². The Labute approximate surface area is 217 Å². The van der Waals surface area contributed by atoms with E-state index < -0.39 is 9.16 Å². The molecule has 0 saturated heterocycles. The zero-order valence-electron chi connectivity index (χ0n) is 21.7. The van der Waals surface area contributed by atoms with Gasteiger partial charge in [-0.05, 0) is 60.9 Å². The van der Waals surface area contributed by atoms with Gasteiger partial charge in [0.05, 0.1) is 0 Å². The molecule has 5 aromatic rings. The van der Waals surface area contributed by atoms with E-state index in [1.165, 1.54) is 41.8 Å². The highest BCUT2D eigenvalue weighted by molar-refractivity contribution is 8.49. The Hall–Kier alpha value is -3.55. The first-order chi connectivity index (χ1) is 17.4. The molecule has 0 saturated carbocycles. The normalized spacial score (nSPS) is 12.8. The van der Waals surface area contributed by atoms with E-state index >= 15 is 0 Å². The van der Waals surface area contributed by atoms with Gasteiger partial charge < -0.3 is 0 Å². The third-order valence-electron chi connectivity index (χ3n) is 8.03. The fourth-order valence-corrected chi connectivity index (χ4v) is 11.3. The van der Waals surface area contributed by atoms with Crippen molar-refractivity contribution in [1.29, 1.82) is 0 Å². The molecule has 0 N–H and O–H groups in total. The van der Waals surface area contributed by atoms with Gasteiger partial charge >= 0.3 is 0 Å². The number of rotatable bonds is 6. The van der Waals surface area contributed by atoms with Crippen LogP contribution in [0.5, 0.6) is 0 Å². The standard InChI is InChI=1S/C35H36S/c1-27(2)34-21-14-22-35(28(34)3)29-23-25-33(26-24-29)36(4,30-15-8-5-9-16-30,31-17-10-6-11-18-31)32-19-12-7-13-20-32/h5-27,36H,1-4H3. The van der Waals surface area contributed by atoms with Crippen LogP contribution < -0.4 is 0 Å². The summed E-state index contributed by atoms with van der Waals surface area (Å²) in [5.41, 5.74) is 5.40. The number of hydrogen-bond acceptors (Lipinski definition) is 0. The van der Waals surface area contributed by atoms with Crippen LogP contribution in [0.25, 0.3) is 11.1 Å². The van der Waals surface area contributed by atoms with Crippen molar-refractivity contribution in [2.45, 2.75) is 46.3 Å². The molecule has 0 aliphatic carbocycles. The maximum atomic E-state index is 2.52. The van der Waals surface area contributed by atoms with Gasteiger partial charge in [-0.15, -0.1) is 0 Å². The minimum absolute atomic E-state index is 0.511. The van der Waals surface area contributed by atoms with Crippen molar-refractivity contribution >= 4 is 9.16 Å². The third kappa shape index (κ3) is 3.70. The van der Waals surface area contributed by atoms with Crippen molar-refractivity contribution in [2.24, 2.45) is 0 Å². The smallest absolute Gasteiger partial charge is 0.0141 e. The van der Waals surface area contributed by atoms with Gasteiger partial charge in [-0.3, -0.25) is 0 Å². The van der Waals surface area contributed by atoms with E-state index in [0.29, 0.717) is 5.92 Å². The van der Waals surface area contributed by atoms with Crippen LogP contribution in [0.15, 0.2) is 153 Å². The van der Waals surface area contributed by atoms with Gasteiger partial charge in [0, 0.05) is 0 Å². The van der Waals surface area contributed by atoms with Crippen molar-refractivity contribution in [3.63, 3.8) is 0 Å². The quantitative estimate of drug-likeness (QED) is 0.226. The fourth-order valence-electron chi connectivity index (χ4n) is 5.90. The summed E-state index contributed by atoms with van der Waals surface area (Å²) in [6, 6.07) is 49.5. The molecule has 1 heteroatoms. The van der Waals surface area contributed by atoms with Gasteiger partial charge in [-0.25, -0.2) is 9.16 Å². The summed E-state index contributed by atoms with van der Waals surface area (Å²) in [6.45, 7) is 6.81. The van der Waals surface area contributed by atoms with Crippen LogP contribution in [-0.2, 0) is 0 Å². The summed E-state index contributed by atoms with van der Waals surface area (Å²) in [5, 5.41) is 0. The van der Waals surface area contributed by atoms with E-state index in [-0.39, 0.29) is 0 Å². The van der Waals surface area contributed by atoms with E-state index in [1.54, 1.807) is 0 Å². The summed E-state index contributed by atoms with van der Waals surface area (Å²) in [4.78, 5) is 5.52. The number of benzene rings is 5. The van der Waals surface area contributed by atoms with Crippen LogP contribution in [0.2, 0.25) is 0 Å². The van der Waals surface area contributed by atoms with Gasteiger partial charge in [0.25, 0.3) is 0 Å². The molecular weight excluding hydrogens is 452 g/mol. The molecule has 0 radical (unpaired) electrons. The molecule has 0 unspecified atom stereocenters. The maximum absolute atomic E-state index is 2.99. The topological polar surface area (TPSA) is 0 Å². The van der Waals surface area contributed by atoms with Gasteiger partial charge in [-0.1, -0.05) is 147 Å². The molecule has 0 amide bonds. The van der Waals surface area contributed by atoms with Crippen molar-refractivity contribution in [1.82, 2.24) is 0 Å². The molecule has 0 aliphatic rings. The Kier molecular flexibility index (Phi) is 6.36. The zero-order chi connectivity index (χ0) is 25.2. The first-order valence-electron chi connectivity index (χ1n) is 12.8. The second kappa shape index (κ2) is 9.48. The summed E-state index contributed by atoms with van der Waals surface area (Å²) in [5.74, 6) is 0.511. The minimum atomic E-state index is -2.99. The molecule has 0 fully saturated rings. The first kappa shape index (κ1) is 24.2. The SMILES string of the molecule is Cc1c(-c2ccc([SH](C)(c3ccccc3)(c3ccccc3)c3ccccc3)cc2)cccc1C(C)C. The van der Waals surface area contributed by atoms with Gasteiger partial charge in [-0.2, -0.15) is 0 Å². The van der Waals surface area contributed by atoms with Gasteiger partial charge in [0.15, 0.2) is 0 Å². The summed E-state index contributed by atoms with van der Waals surface area (Å²) in [7, 11) is -2.99. The average molecular weight is 489 g/mol. The monoisotopic (exact) mass is 488 g/mol. The Morgan fingerprint density at radius 3 is 1.31 bits per heavy atom. The van der Waals surface area contributed by atoms with Crippen LogP contribution in [0, 0.1) is 6.92 Å². The highest BCUT2D eigenvalue weighted by Gasteiger charge is 2.43. The Morgan fingerprint density at radius 1 is 0.472 bits per heavy atom. The summed E-state index contributed by atoms with van der Waals surface area (Å²) in [6.07, 6.45) is 2.52. The number of hydrogen-bond donors (Lipinski definition) is 1. The van der Waals surface area contributed by atoms with E-state index in [0.717, 1.165) is 0 Å². The molecule has 0 atom stereocenters. The number of thiol groups is 1. The van der Waals surface area contributed by atoms with Crippen LogP contribution >= 0.6 is 9.16 Å². The molecule has 0 spiro atoms. The lowest BCUT2D eigenvalue weighted by atomic mass is 9.91. The molecule has 182 valence electrons. The lowest BCUT2D eigenvalue weighted by Crippen LogP contribution is -2.19. The fraction of sp³-hybridized carbons (Fsp3) is 0.143. The second-order valence-corrected chi connectivity index (χ2v) is 15.5. The second-order valence-electron chi connectivity index (χ2n) is 10.3. The third-order valence-corrected chi connectivity index (χ3v) is 14.4. The van der Waals surface area contributed by atoms with Crippen LogP contribution in [0.3, 0.4) is 0 Å². The van der Waals surface area contributed by atoms with Gasteiger partial charge in [0.2, 0.25) is 0 Å². The molecule has 5 aromatic carbocycles. The van der Waals surface area contributed by atoms with Crippen molar-refractivity contribution in [3.8, 4) is 11.1 Å². The highest BCUT2D eigenvalue weighted by atomic mass is 32.3. The lowest BCUT2D eigenvalue weighted by molar-refractivity contribution is 0.857. The molecule has 0 aromatic heterocycles. The Balaban J connectivity index is 1.80. The summed E-state index contributed by atoms with van der Waals surface area (Å²) >= 11 is 0. The average Bonchev–Trinajstić information content (AvgIpc) is 2.94. The summed E-state index contributed by atoms with van der Waals surface area (Å²) < 4.78 is 0. The molecule has 0 nitrogen and oxygen atoms in total. The molecule has 0 aliphatic heterocycles. The van der Waals surface area contributed by atoms with E-state index in [2.05, 4.69) is 160 Å². The predicted molar refractivity (Wildman–Crippen MR) is 158 cm³/mol. The molecule has 0 bridgehead atoms. The molecule has 36 heavy (non-hydrogen) atoms. The van der Waals surface area contributed by atoms with E-state index in [1.807, 2.05) is 0 Å². The maximum Gasteiger partial charge on any atom is -0.0141 e. The highest BCUT2D eigenvalue weighted by Crippen LogP contribution is 2.87. The molecule has 5 rings (SSSR count). The minimum Gasteiger partial charge on any atom is -0.202 e. The Bertz CT molecular complexity index is 1350. The lowest BCUT2D eigenvalue weighted by Gasteiger charge is -2.60. The zero-order valence-corrected chi connectivity index (χ0v) is 22.6. The molecular formula is C35H36S. The van der Waals surface area contributed by atoms with Crippen LogP contribution in [-0.4, -0.2) is 6.26 Å².